The van der Waals surface area contributed by atoms with E-state index in [4.69, 9.17) is 4.74 Å². The molecule has 0 atom stereocenters. The third kappa shape index (κ3) is 3.93. The molecule has 1 saturated heterocycles. The fraction of sp³-hybridized carbons (Fsp3) is 0.286. The van der Waals surface area contributed by atoms with Crippen LogP contribution in [0.1, 0.15) is 12.8 Å². The van der Waals surface area contributed by atoms with Crippen molar-refractivity contribution in [2.75, 3.05) is 26.0 Å². The number of methoxy groups -OCH3 is 1. The molecule has 0 saturated carbocycles. The van der Waals surface area contributed by atoms with Crippen LogP contribution in [0, 0.1) is 0 Å². The second-order valence-electron chi connectivity index (χ2n) is 6.71. The van der Waals surface area contributed by atoms with E-state index in [0.717, 1.165) is 31.6 Å². The van der Waals surface area contributed by atoms with Crippen molar-refractivity contribution in [3.05, 3.63) is 48.5 Å². The molecular formula is C21H22N4O3S. The molecule has 1 aliphatic heterocycles. The lowest BCUT2D eigenvalue weighted by atomic mass is 10.2. The van der Waals surface area contributed by atoms with Gasteiger partial charge in [-0.2, -0.15) is 0 Å². The number of nitrogens with zero attached hydrogens (tertiary/aromatic N) is 4. The van der Waals surface area contributed by atoms with Gasteiger partial charge in [-0.25, -0.2) is 0 Å². The van der Waals surface area contributed by atoms with Crippen LogP contribution < -0.4 is 4.74 Å². The summed E-state index contributed by atoms with van der Waals surface area (Å²) in [6.45, 7) is 1.64. The Hall–Kier alpha value is -3.00. The van der Waals surface area contributed by atoms with Gasteiger partial charge >= 0.3 is 0 Å². The Balaban J connectivity index is 1.73. The molecule has 2 aromatic carbocycles. The summed E-state index contributed by atoms with van der Waals surface area (Å²) in [5.41, 5.74) is 1.30. The summed E-state index contributed by atoms with van der Waals surface area (Å²) in [5.74, 6) is 1.64. The summed E-state index contributed by atoms with van der Waals surface area (Å²) in [5, 5.41) is 19.6. The van der Waals surface area contributed by atoms with Gasteiger partial charge in [0.25, 0.3) is 0 Å². The Morgan fingerprint density at radius 1 is 1.10 bits per heavy atom. The molecule has 7 nitrogen and oxygen atoms in total. The Bertz CT molecular complexity index is 1010. The molecule has 29 heavy (non-hydrogen) atoms. The molecule has 8 heteroatoms. The van der Waals surface area contributed by atoms with Gasteiger partial charge in [-0.3, -0.25) is 9.36 Å². The minimum atomic E-state index is 0.103. The molecule has 150 valence electrons. The van der Waals surface area contributed by atoms with Gasteiger partial charge < -0.3 is 14.7 Å². The van der Waals surface area contributed by atoms with Gasteiger partial charge in [0.05, 0.1) is 24.1 Å². The predicted octanol–water partition coefficient (Wildman–Crippen LogP) is 3.36. The highest BCUT2D eigenvalue weighted by Crippen LogP contribution is 2.35. The molecule has 0 aliphatic carbocycles. The highest BCUT2D eigenvalue weighted by molar-refractivity contribution is 7.99. The minimum Gasteiger partial charge on any atom is -0.507 e. The third-order valence-electron chi connectivity index (χ3n) is 4.89. The lowest BCUT2D eigenvalue weighted by molar-refractivity contribution is -0.127. The monoisotopic (exact) mass is 410 g/mol. The highest BCUT2D eigenvalue weighted by Gasteiger charge is 2.23. The van der Waals surface area contributed by atoms with Crippen LogP contribution in [-0.4, -0.2) is 56.6 Å². The number of aromatic hydroxyl groups is 1. The Morgan fingerprint density at radius 3 is 2.59 bits per heavy atom. The van der Waals surface area contributed by atoms with Crippen molar-refractivity contribution in [1.82, 2.24) is 19.7 Å². The zero-order valence-corrected chi connectivity index (χ0v) is 16.9. The quantitative estimate of drug-likeness (QED) is 0.628. The van der Waals surface area contributed by atoms with Crippen molar-refractivity contribution in [2.24, 2.45) is 0 Å². The van der Waals surface area contributed by atoms with Crippen LogP contribution in [-0.2, 0) is 4.79 Å². The number of carbonyl (C=O) groups is 1. The van der Waals surface area contributed by atoms with Gasteiger partial charge in [0, 0.05) is 13.1 Å². The number of benzene rings is 2. The highest BCUT2D eigenvalue weighted by atomic mass is 32.2. The molecule has 4 rings (SSSR count). The first kappa shape index (κ1) is 19.3. The summed E-state index contributed by atoms with van der Waals surface area (Å²) in [4.78, 5) is 14.4. The zero-order valence-electron chi connectivity index (χ0n) is 16.1. The van der Waals surface area contributed by atoms with Crippen LogP contribution >= 0.6 is 11.8 Å². The number of thioether (sulfide) groups is 1. The topological polar surface area (TPSA) is 80.5 Å². The van der Waals surface area contributed by atoms with E-state index >= 15 is 0 Å². The van der Waals surface area contributed by atoms with Crippen molar-refractivity contribution in [2.45, 2.75) is 18.0 Å². The largest absolute Gasteiger partial charge is 0.507 e. The van der Waals surface area contributed by atoms with Crippen molar-refractivity contribution < 1.29 is 14.6 Å². The molecule has 1 fully saturated rings. The average molecular weight is 410 g/mol. The van der Waals surface area contributed by atoms with E-state index in [-0.39, 0.29) is 17.4 Å². The van der Waals surface area contributed by atoms with Crippen molar-refractivity contribution >= 4 is 17.7 Å². The van der Waals surface area contributed by atoms with Gasteiger partial charge in [0.15, 0.2) is 11.0 Å². The van der Waals surface area contributed by atoms with Gasteiger partial charge in [0.1, 0.15) is 11.5 Å². The lowest BCUT2D eigenvalue weighted by Crippen LogP contribution is -2.29. The summed E-state index contributed by atoms with van der Waals surface area (Å²) in [6, 6.07) is 14.5. The van der Waals surface area contributed by atoms with Crippen molar-refractivity contribution in [3.63, 3.8) is 0 Å². The number of phenols is 1. The first-order chi connectivity index (χ1) is 14.2. The number of hydrogen-bond acceptors (Lipinski definition) is 6. The summed E-state index contributed by atoms with van der Waals surface area (Å²) in [6.07, 6.45) is 2.12. The SMILES string of the molecule is COc1ccccc1-n1c(SCC(=O)N2CCCC2)nnc1-c1ccccc1O. The molecule has 0 unspecified atom stereocenters. The van der Waals surface area contributed by atoms with Crippen LogP contribution in [0.15, 0.2) is 53.7 Å². The third-order valence-corrected chi connectivity index (χ3v) is 5.80. The number of ether oxygens (including phenoxy) is 1. The van der Waals surface area contributed by atoms with Crippen LogP contribution in [0.25, 0.3) is 17.1 Å². The number of aromatic nitrogens is 3. The number of rotatable bonds is 6. The lowest BCUT2D eigenvalue weighted by Gasteiger charge is -2.16. The van der Waals surface area contributed by atoms with Crippen LogP contribution in [0.5, 0.6) is 11.5 Å². The Kier molecular flexibility index (Phi) is 5.71. The summed E-state index contributed by atoms with van der Waals surface area (Å²) in [7, 11) is 1.60. The second kappa shape index (κ2) is 8.57. The van der Waals surface area contributed by atoms with Gasteiger partial charge in [-0.1, -0.05) is 36.0 Å². The minimum absolute atomic E-state index is 0.103. The van der Waals surface area contributed by atoms with E-state index in [0.29, 0.717) is 22.3 Å². The van der Waals surface area contributed by atoms with E-state index in [1.54, 1.807) is 25.3 Å². The number of hydrogen-bond donors (Lipinski definition) is 1. The van der Waals surface area contributed by atoms with E-state index in [1.807, 2.05) is 39.8 Å². The first-order valence-corrected chi connectivity index (χ1v) is 10.5. The Labute approximate surface area is 173 Å². The Morgan fingerprint density at radius 2 is 1.83 bits per heavy atom. The zero-order chi connectivity index (χ0) is 20.2. The molecule has 1 N–H and O–H groups in total. The van der Waals surface area contributed by atoms with E-state index in [1.165, 1.54) is 11.8 Å². The maximum Gasteiger partial charge on any atom is 0.233 e. The smallest absolute Gasteiger partial charge is 0.233 e. The number of phenolic OH excluding ortho intramolecular Hbond substituents is 1. The van der Waals surface area contributed by atoms with Gasteiger partial charge in [-0.15, -0.1) is 10.2 Å². The number of para-hydroxylation sites is 3. The average Bonchev–Trinajstić information content (AvgIpc) is 3.42. The second-order valence-corrected chi connectivity index (χ2v) is 7.65. The van der Waals surface area contributed by atoms with Gasteiger partial charge in [-0.05, 0) is 37.1 Å². The van der Waals surface area contributed by atoms with E-state index < -0.39 is 0 Å². The van der Waals surface area contributed by atoms with Crippen LogP contribution in [0.3, 0.4) is 0 Å². The molecule has 1 aliphatic rings. The van der Waals surface area contributed by atoms with Crippen LogP contribution in [0.4, 0.5) is 0 Å². The molecular weight excluding hydrogens is 388 g/mol. The maximum absolute atomic E-state index is 12.5. The van der Waals surface area contributed by atoms with E-state index in [2.05, 4.69) is 10.2 Å². The molecule has 2 heterocycles. The fourth-order valence-corrected chi connectivity index (χ4v) is 4.26. The van der Waals surface area contributed by atoms with Crippen LogP contribution in [0.2, 0.25) is 0 Å². The normalized spacial score (nSPS) is 13.6. The fourth-order valence-electron chi connectivity index (χ4n) is 3.42. The molecule has 1 aromatic heterocycles. The first-order valence-electron chi connectivity index (χ1n) is 9.47. The maximum atomic E-state index is 12.5. The van der Waals surface area contributed by atoms with Crippen molar-refractivity contribution in [3.8, 4) is 28.6 Å². The summed E-state index contributed by atoms with van der Waals surface area (Å²) < 4.78 is 7.36. The molecule has 3 aromatic rings. The number of likely N-dealkylation sites (tertiary alicyclic amines) is 1. The van der Waals surface area contributed by atoms with E-state index in [9.17, 15) is 9.90 Å². The molecule has 1 amide bonds. The van der Waals surface area contributed by atoms with Gasteiger partial charge in [0.2, 0.25) is 5.91 Å². The standard InChI is InChI=1S/C21H22N4O3S/c1-28-18-11-5-3-9-16(18)25-20(15-8-2-4-10-17(15)26)22-23-21(25)29-14-19(27)24-12-6-7-13-24/h2-5,8-11,26H,6-7,12-14H2,1H3. The number of carbonyl (C=O) groups excluding carboxylic acids is 1. The molecule has 0 bridgehead atoms. The van der Waals surface area contributed by atoms with Crippen molar-refractivity contribution in [1.29, 1.82) is 0 Å². The number of amides is 1. The molecule has 0 spiro atoms. The molecule has 0 radical (unpaired) electrons. The summed E-state index contributed by atoms with van der Waals surface area (Å²) >= 11 is 1.34. The predicted molar refractivity (Wildman–Crippen MR) is 112 cm³/mol.